The van der Waals surface area contributed by atoms with E-state index in [4.69, 9.17) is 9.47 Å². The molecule has 0 fully saturated rings. The lowest BCUT2D eigenvalue weighted by Gasteiger charge is -2.16. The van der Waals surface area contributed by atoms with Crippen molar-refractivity contribution >= 4 is 47.2 Å². The molecule has 0 saturated heterocycles. The van der Waals surface area contributed by atoms with Crippen LogP contribution in [-0.4, -0.2) is 55.4 Å². The normalized spacial score (nSPS) is 11.4. The van der Waals surface area contributed by atoms with Crippen LogP contribution in [0.2, 0.25) is 0 Å². The van der Waals surface area contributed by atoms with Crippen molar-refractivity contribution < 1.29 is 28.7 Å². The zero-order valence-corrected chi connectivity index (χ0v) is 24.4. The Balaban J connectivity index is 1.37. The summed E-state index contributed by atoms with van der Waals surface area (Å²) in [6.07, 6.45) is 5.54. The first-order valence-corrected chi connectivity index (χ1v) is 14.8. The number of rotatable bonds is 15. The summed E-state index contributed by atoms with van der Waals surface area (Å²) in [5.41, 5.74) is 2.77. The van der Waals surface area contributed by atoms with Crippen LogP contribution in [0.4, 0.5) is 5.69 Å². The highest BCUT2D eigenvalue weighted by Crippen LogP contribution is 2.15. The molecule has 9 nitrogen and oxygen atoms in total. The number of amides is 3. The van der Waals surface area contributed by atoms with Crippen molar-refractivity contribution in [3.8, 4) is 5.75 Å². The van der Waals surface area contributed by atoms with Crippen LogP contribution in [0.1, 0.15) is 34.3 Å². The fourth-order valence-corrected chi connectivity index (χ4v) is 4.21. The number of ether oxygens (including phenoxy) is 2. The van der Waals surface area contributed by atoms with Gasteiger partial charge >= 0.3 is 5.97 Å². The van der Waals surface area contributed by atoms with E-state index in [0.29, 0.717) is 30.0 Å². The number of methoxy groups -OCH3 is 1. The van der Waals surface area contributed by atoms with Gasteiger partial charge in [-0.25, -0.2) is 4.79 Å². The van der Waals surface area contributed by atoms with Crippen molar-refractivity contribution in [1.82, 2.24) is 10.6 Å². The summed E-state index contributed by atoms with van der Waals surface area (Å²) < 4.78 is 10.5. The lowest BCUT2D eigenvalue weighted by Crippen LogP contribution is -2.41. The average molecular weight is 590 g/mol. The minimum atomic E-state index is -0.732. The lowest BCUT2D eigenvalue weighted by molar-refractivity contribution is -0.142. The molecule has 3 rings (SSSR count). The van der Waals surface area contributed by atoms with Crippen LogP contribution in [0, 0.1) is 0 Å². The maximum atomic E-state index is 12.5. The topological polar surface area (TPSA) is 123 Å². The van der Waals surface area contributed by atoms with Gasteiger partial charge in [-0.2, -0.15) is 11.8 Å². The standard InChI is InChI=1S/C32H35N3O6S/c1-40-32(39)28(19-21-42-2)35-31(38)25-11-13-26(14-12-25)34-30(37)18-20-33-29(36)17-10-23-8-15-27(16-9-23)41-22-24-6-4-3-5-7-24/h3-17,28H,18-22H2,1-2H3,(H,33,36)(H,34,37)(H,35,38)/b17-10+/t28-/m0/s1. The third-order valence-electron chi connectivity index (χ3n) is 6.04. The van der Waals surface area contributed by atoms with Crippen LogP contribution >= 0.6 is 11.8 Å². The van der Waals surface area contributed by atoms with E-state index in [0.717, 1.165) is 16.9 Å². The van der Waals surface area contributed by atoms with Crippen molar-refractivity contribution in [1.29, 1.82) is 0 Å². The minimum Gasteiger partial charge on any atom is -0.489 e. The molecule has 220 valence electrons. The van der Waals surface area contributed by atoms with Crippen molar-refractivity contribution in [2.45, 2.75) is 25.5 Å². The van der Waals surface area contributed by atoms with E-state index >= 15 is 0 Å². The molecule has 42 heavy (non-hydrogen) atoms. The van der Waals surface area contributed by atoms with Gasteiger partial charge in [0.05, 0.1) is 7.11 Å². The molecular formula is C32H35N3O6S. The molecule has 0 spiro atoms. The Kier molecular flexibility index (Phi) is 13.2. The predicted octanol–water partition coefficient (Wildman–Crippen LogP) is 4.45. The maximum absolute atomic E-state index is 12.5. The van der Waals surface area contributed by atoms with Crippen LogP contribution in [-0.2, 0) is 25.7 Å². The van der Waals surface area contributed by atoms with Gasteiger partial charge < -0.3 is 25.4 Å². The molecule has 3 amide bonds. The summed E-state index contributed by atoms with van der Waals surface area (Å²) in [6.45, 7) is 0.638. The van der Waals surface area contributed by atoms with Crippen molar-refractivity contribution in [3.05, 3.63) is 102 Å². The van der Waals surface area contributed by atoms with Crippen LogP contribution in [0.15, 0.2) is 84.9 Å². The molecule has 0 aliphatic heterocycles. The van der Waals surface area contributed by atoms with Crippen molar-refractivity contribution in [3.63, 3.8) is 0 Å². The molecule has 0 bridgehead atoms. The quantitative estimate of drug-likeness (QED) is 0.177. The zero-order chi connectivity index (χ0) is 30.2. The second-order valence-electron chi connectivity index (χ2n) is 9.17. The summed E-state index contributed by atoms with van der Waals surface area (Å²) >= 11 is 1.57. The highest BCUT2D eigenvalue weighted by atomic mass is 32.2. The van der Waals surface area contributed by atoms with Gasteiger partial charge in [-0.15, -0.1) is 0 Å². The van der Waals surface area contributed by atoms with Gasteiger partial charge in [-0.3, -0.25) is 14.4 Å². The van der Waals surface area contributed by atoms with E-state index < -0.39 is 17.9 Å². The number of carbonyl (C=O) groups excluding carboxylic acids is 4. The van der Waals surface area contributed by atoms with Crippen molar-refractivity contribution in [2.24, 2.45) is 0 Å². The summed E-state index contributed by atoms with van der Waals surface area (Å²) in [6, 6.07) is 22.9. The number of benzene rings is 3. The third-order valence-corrected chi connectivity index (χ3v) is 6.68. The van der Waals surface area contributed by atoms with Gasteiger partial charge in [0, 0.05) is 30.3 Å². The van der Waals surface area contributed by atoms with E-state index in [1.165, 1.54) is 13.2 Å². The second kappa shape index (κ2) is 17.3. The Morgan fingerprint density at radius 3 is 2.31 bits per heavy atom. The van der Waals surface area contributed by atoms with Crippen LogP contribution in [0.3, 0.4) is 0 Å². The molecule has 3 aromatic rings. The number of esters is 1. The Labute approximate surface area is 250 Å². The monoisotopic (exact) mass is 589 g/mol. The Morgan fingerprint density at radius 2 is 1.64 bits per heavy atom. The fraction of sp³-hybridized carbons (Fsp3) is 0.250. The third kappa shape index (κ3) is 11.1. The first-order chi connectivity index (χ1) is 20.4. The molecule has 0 saturated carbocycles. The molecule has 0 heterocycles. The largest absolute Gasteiger partial charge is 0.489 e. The number of thioether (sulfide) groups is 1. The molecule has 0 aliphatic carbocycles. The van der Waals surface area contributed by atoms with Crippen LogP contribution in [0.25, 0.3) is 6.08 Å². The number of carbonyl (C=O) groups is 4. The fourth-order valence-electron chi connectivity index (χ4n) is 3.74. The van der Waals surface area contributed by atoms with Crippen LogP contribution < -0.4 is 20.7 Å². The van der Waals surface area contributed by atoms with E-state index in [9.17, 15) is 19.2 Å². The molecular weight excluding hydrogens is 554 g/mol. The first kappa shape index (κ1) is 32.0. The van der Waals surface area contributed by atoms with Gasteiger partial charge in [0.2, 0.25) is 11.8 Å². The minimum absolute atomic E-state index is 0.0749. The summed E-state index contributed by atoms with van der Waals surface area (Å²) in [4.78, 5) is 48.9. The van der Waals surface area contributed by atoms with Gasteiger partial charge in [0.1, 0.15) is 18.4 Å². The van der Waals surface area contributed by atoms with Gasteiger partial charge in [0.15, 0.2) is 0 Å². The first-order valence-electron chi connectivity index (χ1n) is 13.4. The van der Waals surface area contributed by atoms with Gasteiger partial charge in [-0.05, 0) is 72.0 Å². The highest BCUT2D eigenvalue weighted by Gasteiger charge is 2.21. The average Bonchev–Trinajstić information content (AvgIpc) is 3.01. The zero-order valence-electron chi connectivity index (χ0n) is 23.6. The van der Waals surface area contributed by atoms with E-state index in [1.807, 2.05) is 60.9 Å². The highest BCUT2D eigenvalue weighted by molar-refractivity contribution is 7.98. The second-order valence-corrected chi connectivity index (χ2v) is 10.2. The Morgan fingerprint density at radius 1 is 0.929 bits per heavy atom. The molecule has 1 atom stereocenters. The predicted molar refractivity (Wildman–Crippen MR) is 165 cm³/mol. The molecule has 0 aliphatic rings. The van der Waals surface area contributed by atoms with Crippen molar-refractivity contribution in [2.75, 3.05) is 31.0 Å². The summed E-state index contributed by atoms with van der Waals surface area (Å²) in [5, 5.41) is 8.11. The summed E-state index contributed by atoms with van der Waals surface area (Å²) in [7, 11) is 1.28. The number of anilines is 1. The molecule has 10 heteroatoms. The molecule has 0 unspecified atom stereocenters. The van der Waals surface area contributed by atoms with E-state index in [-0.39, 0.29) is 24.8 Å². The lowest BCUT2D eigenvalue weighted by atomic mass is 10.1. The van der Waals surface area contributed by atoms with E-state index in [1.54, 1.807) is 42.1 Å². The SMILES string of the molecule is COC(=O)[C@H](CCSC)NC(=O)c1ccc(NC(=O)CCNC(=O)/C=C/c2ccc(OCc3ccccc3)cc2)cc1. The van der Waals surface area contributed by atoms with Gasteiger partial charge in [0.25, 0.3) is 5.91 Å². The van der Waals surface area contributed by atoms with E-state index in [2.05, 4.69) is 16.0 Å². The Bertz CT molecular complexity index is 1340. The molecule has 3 N–H and O–H groups in total. The van der Waals surface area contributed by atoms with Gasteiger partial charge in [-0.1, -0.05) is 42.5 Å². The summed E-state index contributed by atoms with van der Waals surface area (Å²) in [5.74, 6) is -0.0781. The maximum Gasteiger partial charge on any atom is 0.328 e. The molecule has 0 aromatic heterocycles. The molecule has 3 aromatic carbocycles. The number of hydrogen-bond donors (Lipinski definition) is 3. The van der Waals surface area contributed by atoms with Crippen LogP contribution in [0.5, 0.6) is 5.75 Å². The number of nitrogens with one attached hydrogen (secondary N) is 3. The smallest absolute Gasteiger partial charge is 0.328 e. The Hall–Kier alpha value is -4.57. The molecule has 0 radical (unpaired) electrons. The number of hydrogen-bond acceptors (Lipinski definition) is 7.